The van der Waals surface area contributed by atoms with E-state index < -0.39 is 23.3 Å². The number of unbranched alkanes of at least 4 members (excludes halogenated alkanes) is 1. The Morgan fingerprint density at radius 3 is 1.83 bits per heavy atom. The van der Waals surface area contributed by atoms with Crippen LogP contribution in [0.3, 0.4) is 0 Å². The third-order valence-corrected chi connectivity index (χ3v) is 7.40. The summed E-state index contributed by atoms with van der Waals surface area (Å²) < 4.78 is 64.7. The van der Waals surface area contributed by atoms with Crippen LogP contribution in [-0.2, 0) is 0 Å². The van der Waals surface area contributed by atoms with E-state index in [0.717, 1.165) is 44.9 Å². The number of benzene rings is 3. The van der Waals surface area contributed by atoms with Gasteiger partial charge in [0.15, 0.2) is 23.2 Å². The molecule has 1 aliphatic carbocycles. The molecule has 0 atom stereocenters. The minimum absolute atomic E-state index is 0.0517. The van der Waals surface area contributed by atoms with Crippen LogP contribution in [0.1, 0.15) is 76.7 Å². The van der Waals surface area contributed by atoms with E-state index in [1.165, 1.54) is 18.6 Å². The zero-order valence-corrected chi connectivity index (χ0v) is 21.1. The first-order valence-corrected chi connectivity index (χ1v) is 13.1. The van der Waals surface area contributed by atoms with E-state index >= 15 is 8.78 Å². The van der Waals surface area contributed by atoms with Gasteiger partial charge in [0.2, 0.25) is 5.82 Å². The summed E-state index contributed by atoms with van der Waals surface area (Å²) in [6.45, 7) is 4.49. The van der Waals surface area contributed by atoms with Gasteiger partial charge in [-0.05, 0) is 72.8 Å². The molecule has 3 aromatic rings. The molecule has 1 aliphatic rings. The summed E-state index contributed by atoms with van der Waals surface area (Å²) in [5.41, 5.74) is 1.63. The largest absolute Gasteiger partial charge is 0.490 e. The predicted molar refractivity (Wildman–Crippen MR) is 137 cm³/mol. The van der Waals surface area contributed by atoms with Crippen LogP contribution >= 0.6 is 0 Å². The first-order chi connectivity index (χ1) is 17.4. The zero-order valence-electron chi connectivity index (χ0n) is 21.1. The van der Waals surface area contributed by atoms with Crippen molar-refractivity contribution in [3.63, 3.8) is 0 Å². The average molecular weight is 499 g/mol. The predicted octanol–water partition coefficient (Wildman–Crippen LogP) is 9.83. The lowest BCUT2D eigenvalue weighted by Gasteiger charge is -2.29. The van der Waals surface area contributed by atoms with Gasteiger partial charge in [0.25, 0.3) is 0 Å². The van der Waals surface area contributed by atoms with Crippen LogP contribution in [-0.4, -0.2) is 6.61 Å². The van der Waals surface area contributed by atoms with Gasteiger partial charge < -0.3 is 4.74 Å². The molecule has 0 aromatic heterocycles. The van der Waals surface area contributed by atoms with Crippen molar-refractivity contribution in [2.24, 2.45) is 5.92 Å². The van der Waals surface area contributed by atoms with E-state index in [4.69, 9.17) is 4.74 Å². The van der Waals surface area contributed by atoms with Gasteiger partial charge in [-0.1, -0.05) is 69.5 Å². The SMILES string of the molecule is CCCCOc1ccc(-c2ccc(-c3ccc(C4CCC(CCC)CC4)c(F)c3F)cc2)c(F)c1F. The van der Waals surface area contributed by atoms with E-state index in [0.29, 0.717) is 29.2 Å². The number of hydrogen-bond donors (Lipinski definition) is 0. The molecule has 4 rings (SSSR count). The van der Waals surface area contributed by atoms with E-state index in [-0.39, 0.29) is 22.8 Å². The molecule has 0 unspecified atom stereocenters. The highest BCUT2D eigenvalue weighted by Gasteiger charge is 2.26. The topological polar surface area (TPSA) is 9.23 Å². The van der Waals surface area contributed by atoms with Crippen LogP contribution in [0.15, 0.2) is 48.5 Å². The molecular formula is C31H34F4O. The van der Waals surface area contributed by atoms with Crippen LogP contribution in [0.4, 0.5) is 17.6 Å². The number of rotatable bonds is 9. The number of hydrogen-bond acceptors (Lipinski definition) is 1. The monoisotopic (exact) mass is 498 g/mol. The first-order valence-electron chi connectivity index (χ1n) is 13.1. The highest BCUT2D eigenvalue weighted by Crippen LogP contribution is 2.40. The molecule has 0 heterocycles. The molecule has 0 radical (unpaired) electrons. The fourth-order valence-electron chi connectivity index (χ4n) is 5.29. The molecule has 0 spiro atoms. The van der Waals surface area contributed by atoms with Crippen LogP contribution in [0, 0.1) is 29.2 Å². The van der Waals surface area contributed by atoms with Crippen molar-refractivity contribution >= 4 is 0 Å². The molecule has 0 N–H and O–H groups in total. The molecule has 0 aliphatic heterocycles. The number of ether oxygens (including phenoxy) is 1. The van der Waals surface area contributed by atoms with Gasteiger partial charge in [-0.15, -0.1) is 0 Å². The van der Waals surface area contributed by atoms with Crippen LogP contribution < -0.4 is 4.74 Å². The van der Waals surface area contributed by atoms with Gasteiger partial charge in [0, 0.05) is 11.1 Å². The number of halogens is 4. The second kappa shape index (κ2) is 11.9. The minimum Gasteiger partial charge on any atom is -0.490 e. The normalized spacial score (nSPS) is 17.8. The summed E-state index contributed by atoms with van der Waals surface area (Å²) in [5, 5.41) is 0. The van der Waals surface area contributed by atoms with Gasteiger partial charge in [-0.3, -0.25) is 0 Å². The maximum absolute atomic E-state index is 15.1. The standard InChI is InChI=1S/C31H34F4O/c1-3-5-19-36-27-18-17-26(30(34)31(27)35)23-13-11-22(12-14-23)25-16-15-24(28(32)29(25)33)21-9-7-20(6-4-2)8-10-21/h11-18,20-21H,3-10,19H2,1-2H3. The molecule has 0 bridgehead atoms. The molecule has 1 fully saturated rings. The van der Waals surface area contributed by atoms with Crippen molar-refractivity contribution < 1.29 is 22.3 Å². The molecule has 0 saturated heterocycles. The summed E-state index contributed by atoms with van der Waals surface area (Å²) in [7, 11) is 0. The summed E-state index contributed by atoms with van der Waals surface area (Å²) in [6.07, 6.45) is 7.90. The molecule has 0 amide bonds. The quantitative estimate of drug-likeness (QED) is 0.211. The first kappa shape index (κ1) is 26.2. The highest BCUT2D eigenvalue weighted by molar-refractivity contribution is 5.71. The van der Waals surface area contributed by atoms with Crippen molar-refractivity contribution in [2.45, 2.75) is 71.1 Å². The fraction of sp³-hybridized carbons (Fsp3) is 0.419. The van der Waals surface area contributed by atoms with Crippen LogP contribution in [0.5, 0.6) is 5.75 Å². The third kappa shape index (κ3) is 5.61. The second-order valence-corrected chi connectivity index (χ2v) is 9.86. The molecule has 192 valence electrons. The Labute approximate surface area is 211 Å². The van der Waals surface area contributed by atoms with E-state index in [2.05, 4.69) is 6.92 Å². The second-order valence-electron chi connectivity index (χ2n) is 9.86. The van der Waals surface area contributed by atoms with E-state index in [1.54, 1.807) is 36.4 Å². The molecule has 5 heteroatoms. The molecule has 3 aromatic carbocycles. The van der Waals surface area contributed by atoms with Crippen molar-refractivity contribution in [2.75, 3.05) is 6.61 Å². The lowest BCUT2D eigenvalue weighted by atomic mass is 9.77. The molecule has 36 heavy (non-hydrogen) atoms. The Balaban J connectivity index is 1.52. The Bertz CT molecular complexity index is 1160. The summed E-state index contributed by atoms with van der Waals surface area (Å²) >= 11 is 0. The van der Waals surface area contributed by atoms with Gasteiger partial charge >= 0.3 is 0 Å². The van der Waals surface area contributed by atoms with Crippen molar-refractivity contribution in [1.82, 2.24) is 0 Å². The lowest BCUT2D eigenvalue weighted by molar-refractivity contribution is 0.289. The Morgan fingerprint density at radius 1 is 0.667 bits per heavy atom. The molecule has 1 nitrogen and oxygen atoms in total. The average Bonchev–Trinajstić information content (AvgIpc) is 2.89. The molecule has 1 saturated carbocycles. The minimum atomic E-state index is -1.03. The van der Waals surface area contributed by atoms with Crippen molar-refractivity contribution in [3.8, 4) is 28.0 Å². The maximum atomic E-state index is 15.1. The van der Waals surface area contributed by atoms with Gasteiger partial charge in [0.05, 0.1) is 6.61 Å². The summed E-state index contributed by atoms with van der Waals surface area (Å²) in [4.78, 5) is 0. The Kier molecular flexibility index (Phi) is 8.71. The fourth-order valence-corrected chi connectivity index (χ4v) is 5.29. The van der Waals surface area contributed by atoms with Crippen molar-refractivity contribution in [3.05, 3.63) is 77.4 Å². The smallest absolute Gasteiger partial charge is 0.201 e. The van der Waals surface area contributed by atoms with E-state index in [9.17, 15) is 8.78 Å². The summed E-state index contributed by atoms with van der Waals surface area (Å²) in [6, 6.07) is 12.6. The van der Waals surface area contributed by atoms with Crippen LogP contribution in [0.25, 0.3) is 22.3 Å². The lowest BCUT2D eigenvalue weighted by Crippen LogP contribution is -2.14. The van der Waals surface area contributed by atoms with Gasteiger partial charge in [-0.25, -0.2) is 13.2 Å². The summed E-state index contributed by atoms with van der Waals surface area (Å²) in [5.74, 6) is -3.02. The molecular weight excluding hydrogens is 464 g/mol. The zero-order chi connectivity index (χ0) is 25.7. The van der Waals surface area contributed by atoms with Gasteiger partial charge in [-0.2, -0.15) is 4.39 Å². The highest BCUT2D eigenvalue weighted by atomic mass is 19.2. The van der Waals surface area contributed by atoms with E-state index in [1.807, 2.05) is 6.92 Å². The van der Waals surface area contributed by atoms with Crippen LogP contribution in [0.2, 0.25) is 0 Å². The third-order valence-electron chi connectivity index (χ3n) is 7.40. The van der Waals surface area contributed by atoms with Crippen molar-refractivity contribution in [1.29, 1.82) is 0 Å². The maximum Gasteiger partial charge on any atom is 0.201 e. The Morgan fingerprint density at radius 2 is 1.25 bits per heavy atom. The van der Waals surface area contributed by atoms with Gasteiger partial charge in [0.1, 0.15) is 0 Å². The Hall–Kier alpha value is -2.82.